The third kappa shape index (κ3) is 10.1. The van der Waals surface area contributed by atoms with Crippen molar-refractivity contribution < 1.29 is 25.2 Å². The van der Waals surface area contributed by atoms with Gasteiger partial charge in [-0.25, -0.2) is 0 Å². The standard InChI is InChI=1S/C35H22NO.C34H31N2.Ir/c37-35-17-9-8-16-31(35)34-22-25(21-33(36-34)23-10-2-1-3-11-23)24-18-19-30-28-14-5-4-12-26(28)27-13-6-7-15-29(27)32(30)20-24;1-23(2)30-21-26(25-12-6-5-7-13-25)22-31(24(3)4)34(30)29-19-27(32-14-8-10-16-35-32)18-28(20-29)33-15-9-11-17-36-33;/h1-10,12-22,37H;5-17,19-24H,1-4H3;/q2*-1;. The molecule has 5 heteroatoms. The second-order valence-electron chi connectivity index (χ2n) is 19.1. The average molecular weight is 1130 g/mol. The maximum absolute atomic E-state index is 10.6. The SMILES string of the molecule is CC(C)c1cc(-c2ccccc2)cc(C(C)C)c1-c1cc(-c2ccccn2)[c-]c(-c2ccccn2)c1.Oc1ccccc1-c1cc(-c2ccc3c4ccccc4c4ccccc4c3c2)cc(-c2[c-]cccc2)n1.[Ir]. The van der Waals surface area contributed by atoms with Gasteiger partial charge in [-0.05, 0) is 125 Å². The van der Waals surface area contributed by atoms with Crippen LogP contribution in [0.4, 0.5) is 0 Å². The Labute approximate surface area is 447 Å². The number of aromatic nitrogens is 3. The summed E-state index contributed by atoms with van der Waals surface area (Å²) < 4.78 is 0. The van der Waals surface area contributed by atoms with Crippen LogP contribution in [-0.4, -0.2) is 20.1 Å². The smallest absolute Gasteiger partial charge is 0.124 e. The summed E-state index contributed by atoms with van der Waals surface area (Å²) in [5.74, 6) is 0.940. The van der Waals surface area contributed by atoms with Crippen molar-refractivity contribution in [2.24, 2.45) is 0 Å². The molecule has 0 aliphatic carbocycles. The molecule has 0 aliphatic rings. The van der Waals surface area contributed by atoms with E-state index >= 15 is 0 Å². The van der Waals surface area contributed by atoms with E-state index in [9.17, 15) is 5.11 Å². The molecule has 3 aromatic heterocycles. The minimum atomic E-state index is 0. The van der Waals surface area contributed by atoms with Gasteiger partial charge in [-0.1, -0.05) is 190 Å². The fourth-order valence-corrected chi connectivity index (χ4v) is 10.1. The van der Waals surface area contributed by atoms with Crippen molar-refractivity contribution in [3.63, 3.8) is 0 Å². The molecule has 0 amide bonds. The number of pyridine rings is 3. The third-order valence-corrected chi connectivity index (χ3v) is 13.7. The summed E-state index contributed by atoms with van der Waals surface area (Å²) in [5, 5.41) is 18.1. The minimum Gasteiger partial charge on any atom is -0.507 e. The number of phenolic OH excluding ortho intramolecular Hbond substituents is 1. The predicted octanol–water partition coefficient (Wildman–Crippen LogP) is 18.2. The zero-order valence-corrected chi connectivity index (χ0v) is 44.1. The number of fused-ring (bicyclic) bond motifs is 6. The number of rotatable bonds is 9. The van der Waals surface area contributed by atoms with Gasteiger partial charge >= 0.3 is 0 Å². The van der Waals surface area contributed by atoms with E-state index < -0.39 is 0 Å². The van der Waals surface area contributed by atoms with E-state index in [2.05, 4.69) is 183 Å². The van der Waals surface area contributed by atoms with Gasteiger partial charge in [-0.2, -0.15) is 0 Å². The summed E-state index contributed by atoms with van der Waals surface area (Å²) in [7, 11) is 0. The molecule has 0 fully saturated rings. The second-order valence-corrected chi connectivity index (χ2v) is 19.1. The molecule has 1 radical (unpaired) electrons. The molecule has 0 aliphatic heterocycles. The van der Waals surface area contributed by atoms with Crippen molar-refractivity contribution in [3.05, 3.63) is 254 Å². The van der Waals surface area contributed by atoms with Gasteiger partial charge in [0.1, 0.15) is 5.75 Å². The van der Waals surface area contributed by atoms with Crippen molar-refractivity contribution in [1.29, 1.82) is 0 Å². The summed E-state index contributed by atoms with van der Waals surface area (Å²) in [6.45, 7) is 9.14. The van der Waals surface area contributed by atoms with Crippen LogP contribution < -0.4 is 0 Å². The molecule has 0 spiro atoms. The first-order valence-electron chi connectivity index (χ1n) is 25.0. The average Bonchev–Trinajstić information content (AvgIpc) is 3.46. The quantitative estimate of drug-likeness (QED) is 0.116. The Kier molecular flexibility index (Phi) is 14.5. The topological polar surface area (TPSA) is 58.9 Å². The molecule has 12 aromatic rings. The largest absolute Gasteiger partial charge is 0.507 e. The fourth-order valence-electron chi connectivity index (χ4n) is 10.1. The zero-order valence-electron chi connectivity index (χ0n) is 41.7. The van der Waals surface area contributed by atoms with Gasteiger partial charge in [0.25, 0.3) is 0 Å². The second kappa shape index (κ2) is 21.8. The van der Waals surface area contributed by atoms with Gasteiger partial charge in [0, 0.05) is 49.5 Å². The van der Waals surface area contributed by atoms with Crippen LogP contribution in [0.2, 0.25) is 0 Å². The minimum absolute atomic E-state index is 0. The molecule has 74 heavy (non-hydrogen) atoms. The number of phenols is 1. The normalized spacial score (nSPS) is 11.2. The number of benzene rings is 9. The van der Waals surface area contributed by atoms with E-state index in [0.29, 0.717) is 17.4 Å². The molecule has 4 nitrogen and oxygen atoms in total. The number of para-hydroxylation sites is 1. The van der Waals surface area contributed by atoms with Gasteiger partial charge in [0.15, 0.2) is 0 Å². The Bertz CT molecular complexity index is 3790. The number of hydrogen-bond donors (Lipinski definition) is 1. The Hall–Kier alpha value is -8.34. The Morgan fingerprint density at radius 1 is 0.378 bits per heavy atom. The molecule has 0 saturated carbocycles. The van der Waals surface area contributed by atoms with Crippen LogP contribution in [0.3, 0.4) is 0 Å². The molecule has 3 heterocycles. The Morgan fingerprint density at radius 3 is 1.45 bits per heavy atom. The molecule has 1 N–H and O–H groups in total. The maximum Gasteiger partial charge on any atom is 0.124 e. The van der Waals surface area contributed by atoms with E-state index in [1.165, 1.54) is 65.7 Å². The monoisotopic (exact) mass is 1130 g/mol. The summed E-state index contributed by atoms with van der Waals surface area (Å²) in [6, 6.07) is 82.2. The predicted molar refractivity (Wildman–Crippen MR) is 304 cm³/mol. The van der Waals surface area contributed by atoms with Gasteiger partial charge in [0.2, 0.25) is 0 Å². The first-order valence-corrected chi connectivity index (χ1v) is 25.0. The van der Waals surface area contributed by atoms with Crippen LogP contribution in [0.5, 0.6) is 5.75 Å². The van der Waals surface area contributed by atoms with Crippen molar-refractivity contribution >= 4 is 32.3 Å². The van der Waals surface area contributed by atoms with Gasteiger partial charge in [-0.15, -0.1) is 54.1 Å². The Morgan fingerprint density at radius 2 is 0.892 bits per heavy atom. The summed E-state index contributed by atoms with van der Waals surface area (Å²) in [6.07, 6.45) is 3.67. The molecule has 0 atom stereocenters. The fraction of sp³-hybridized carbons (Fsp3) is 0.0870. The molecule has 9 aromatic carbocycles. The maximum atomic E-state index is 10.6. The first kappa shape index (κ1) is 49.2. The van der Waals surface area contributed by atoms with Crippen LogP contribution in [0.15, 0.2) is 231 Å². The molecule has 0 bridgehead atoms. The number of hydrogen-bond acceptors (Lipinski definition) is 4. The van der Waals surface area contributed by atoms with E-state index in [0.717, 1.165) is 50.6 Å². The van der Waals surface area contributed by atoms with Crippen molar-refractivity contribution in [3.8, 4) is 84.2 Å². The van der Waals surface area contributed by atoms with Crippen molar-refractivity contribution in [2.45, 2.75) is 39.5 Å². The van der Waals surface area contributed by atoms with E-state index in [4.69, 9.17) is 4.98 Å². The van der Waals surface area contributed by atoms with Crippen LogP contribution in [0, 0.1) is 12.1 Å². The molecule has 12 rings (SSSR count). The third-order valence-electron chi connectivity index (χ3n) is 13.7. The molecule has 361 valence electrons. The van der Waals surface area contributed by atoms with Gasteiger partial charge < -0.3 is 5.11 Å². The number of nitrogens with zero attached hydrogens (tertiary/aromatic N) is 3. The number of aromatic hydroxyl groups is 1. The van der Waals surface area contributed by atoms with E-state index in [-0.39, 0.29) is 25.9 Å². The van der Waals surface area contributed by atoms with Crippen LogP contribution in [0.25, 0.3) is 111 Å². The summed E-state index contributed by atoms with van der Waals surface area (Å²) in [5.41, 5.74) is 16.8. The summed E-state index contributed by atoms with van der Waals surface area (Å²) >= 11 is 0. The zero-order chi connectivity index (χ0) is 49.8. The molecule has 0 saturated heterocycles. The van der Waals surface area contributed by atoms with Crippen molar-refractivity contribution in [1.82, 2.24) is 15.0 Å². The molecular formula is C69H53IrN3O-2. The van der Waals surface area contributed by atoms with Gasteiger partial charge in [-0.3, -0.25) is 15.0 Å². The molecular weight excluding hydrogens is 1080 g/mol. The van der Waals surface area contributed by atoms with Crippen LogP contribution in [-0.2, 0) is 20.1 Å². The molecule has 0 unspecified atom stereocenters. The Balaban J connectivity index is 0.000000167. The van der Waals surface area contributed by atoms with Crippen LogP contribution in [0.1, 0.15) is 50.7 Å². The van der Waals surface area contributed by atoms with E-state index in [1.54, 1.807) is 6.07 Å². The van der Waals surface area contributed by atoms with Crippen LogP contribution >= 0.6 is 0 Å². The summed E-state index contributed by atoms with van der Waals surface area (Å²) in [4.78, 5) is 14.2. The first-order chi connectivity index (χ1) is 35.8. The van der Waals surface area contributed by atoms with Crippen molar-refractivity contribution in [2.75, 3.05) is 0 Å². The van der Waals surface area contributed by atoms with E-state index in [1.807, 2.05) is 91.3 Å². The van der Waals surface area contributed by atoms with Gasteiger partial charge in [0.05, 0.1) is 5.69 Å².